The standard InChI is InChI=1S/C16H14INO/c1-11-5-7-12(8-6-11)9-18-10-13-3-2-4-14(17)15(13)16(18)19/h2-8,10,19H,9H2,1H3. The third-order valence-electron chi connectivity index (χ3n) is 3.31. The van der Waals surface area contributed by atoms with Gasteiger partial charge in [0.25, 0.3) is 0 Å². The van der Waals surface area contributed by atoms with E-state index in [9.17, 15) is 5.11 Å². The molecule has 1 heterocycles. The molecule has 0 fully saturated rings. The summed E-state index contributed by atoms with van der Waals surface area (Å²) in [6.07, 6.45) is 2.01. The summed E-state index contributed by atoms with van der Waals surface area (Å²) >= 11 is 2.26. The fraction of sp³-hybridized carbons (Fsp3) is 0.125. The minimum Gasteiger partial charge on any atom is -0.494 e. The maximum Gasteiger partial charge on any atom is 0.200 e. The third kappa shape index (κ3) is 2.34. The number of aromatic nitrogens is 1. The number of hydrogen-bond acceptors (Lipinski definition) is 1. The summed E-state index contributed by atoms with van der Waals surface area (Å²) in [5.74, 6) is 0.348. The molecule has 0 saturated carbocycles. The summed E-state index contributed by atoms with van der Waals surface area (Å²) < 4.78 is 2.98. The summed E-state index contributed by atoms with van der Waals surface area (Å²) in [5.41, 5.74) is 2.44. The second kappa shape index (κ2) is 4.89. The topological polar surface area (TPSA) is 25.2 Å². The van der Waals surface area contributed by atoms with Gasteiger partial charge in [-0.1, -0.05) is 42.0 Å². The van der Waals surface area contributed by atoms with E-state index < -0.39 is 0 Å². The molecule has 0 aliphatic heterocycles. The zero-order chi connectivity index (χ0) is 13.4. The van der Waals surface area contributed by atoms with Crippen molar-refractivity contribution in [2.24, 2.45) is 0 Å². The number of fused-ring (bicyclic) bond motifs is 1. The Morgan fingerprint density at radius 1 is 1.11 bits per heavy atom. The smallest absolute Gasteiger partial charge is 0.200 e. The Bertz CT molecular complexity index is 728. The minimum absolute atomic E-state index is 0.348. The summed E-state index contributed by atoms with van der Waals surface area (Å²) in [7, 11) is 0. The zero-order valence-corrected chi connectivity index (χ0v) is 12.8. The van der Waals surface area contributed by atoms with Crippen molar-refractivity contribution in [3.8, 4) is 5.88 Å². The molecular formula is C16H14INO. The maximum atomic E-state index is 10.3. The van der Waals surface area contributed by atoms with Gasteiger partial charge in [-0.25, -0.2) is 0 Å². The first kappa shape index (κ1) is 12.5. The first-order valence-electron chi connectivity index (χ1n) is 6.17. The van der Waals surface area contributed by atoms with Crippen LogP contribution in [0.25, 0.3) is 10.8 Å². The molecule has 0 amide bonds. The second-order valence-corrected chi connectivity index (χ2v) is 5.93. The lowest BCUT2D eigenvalue weighted by atomic mass is 10.1. The molecule has 2 aromatic carbocycles. The van der Waals surface area contributed by atoms with E-state index in [1.807, 2.05) is 29.0 Å². The number of aryl methyl sites for hydroxylation is 1. The highest BCUT2D eigenvalue weighted by Crippen LogP contribution is 2.31. The lowest BCUT2D eigenvalue weighted by molar-refractivity contribution is 0.430. The molecule has 0 aliphatic rings. The fourth-order valence-electron chi connectivity index (χ4n) is 2.27. The number of nitrogens with zero attached hydrogens (tertiary/aromatic N) is 1. The molecular weight excluding hydrogens is 349 g/mol. The second-order valence-electron chi connectivity index (χ2n) is 4.77. The summed E-state index contributed by atoms with van der Waals surface area (Å²) in [6.45, 7) is 2.77. The molecule has 19 heavy (non-hydrogen) atoms. The van der Waals surface area contributed by atoms with Crippen LogP contribution in [0.2, 0.25) is 0 Å². The molecule has 3 heteroatoms. The average Bonchev–Trinajstić information content (AvgIpc) is 2.71. The van der Waals surface area contributed by atoms with E-state index in [0.29, 0.717) is 12.4 Å². The van der Waals surface area contributed by atoms with Gasteiger partial charge >= 0.3 is 0 Å². The highest BCUT2D eigenvalue weighted by molar-refractivity contribution is 14.1. The summed E-state index contributed by atoms with van der Waals surface area (Å²) in [4.78, 5) is 0. The van der Waals surface area contributed by atoms with Crippen molar-refractivity contribution in [2.75, 3.05) is 0 Å². The van der Waals surface area contributed by atoms with Crippen molar-refractivity contribution < 1.29 is 5.11 Å². The van der Waals surface area contributed by atoms with Crippen LogP contribution in [-0.4, -0.2) is 9.67 Å². The van der Waals surface area contributed by atoms with E-state index in [2.05, 4.69) is 53.8 Å². The van der Waals surface area contributed by atoms with Crippen molar-refractivity contribution in [3.63, 3.8) is 0 Å². The number of halogens is 1. The molecule has 3 rings (SSSR count). The van der Waals surface area contributed by atoms with Crippen LogP contribution in [0.4, 0.5) is 0 Å². The SMILES string of the molecule is Cc1ccc(Cn2cc3cccc(I)c3c2O)cc1. The van der Waals surface area contributed by atoms with Gasteiger partial charge in [0, 0.05) is 15.2 Å². The first-order chi connectivity index (χ1) is 9.15. The lowest BCUT2D eigenvalue weighted by Crippen LogP contribution is -1.97. The van der Waals surface area contributed by atoms with Crippen LogP contribution >= 0.6 is 22.6 Å². The number of hydrogen-bond donors (Lipinski definition) is 1. The average molecular weight is 363 g/mol. The van der Waals surface area contributed by atoms with E-state index in [1.54, 1.807) is 0 Å². The van der Waals surface area contributed by atoms with Crippen molar-refractivity contribution in [1.29, 1.82) is 0 Å². The third-order valence-corrected chi connectivity index (χ3v) is 4.21. The van der Waals surface area contributed by atoms with Crippen LogP contribution in [0.15, 0.2) is 48.7 Å². The number of benzene rings is 2. The van der Waals surface area contributed by atoms with Gasteiger partial charge in [-0.3, -0.25) is 0 Å². The van der Waals surface area contributed by atoms with Crippen LogP contribution in [0, 0.1) is 10.5 Å². The van der Waals surface area contributed by atoms with E-state index in [0.717, 1.165) is 14.3 Å². The van der Waals surface area contributed by atoms with Gasteiger partial charge in [-0.05, 0) is 41.1 Å². The largest absolute Gasteiger partial charge is 0.494 e. The Balaban J connectivity index is 2.04. The predicted molar refractivity (Wildman–Crippen MR) is 86.6 cm³/mol. The van der Waals surface area contributed by atoms with E-state index >= 15 is 0 Å². The Morgan fingerprint density at radius 3 is 2.53 bits per heavy atom. The Kier molecular flexibility index (Phi) is 3.22. The molecule has 96 valence electrons. The molecule has 0 bridgehead atoms. The van der Waals surface area contributed by atoms with E-state index in [4.69, 9.17) is 0 Å². The van der Waals surface area contributed by atoms with Crippen molar-refractivity contribution >= 4 is 33.4 Å². The Morgan fingerprint density at radius 2 is 1.84 bits per heavy atom. The quantitative estimate of drug-likeness (QED) is 0.675. The molecule has 0 saturated heterocycles. The lowest BCUT2D eigenvalue weighted by Gasteiger charge is -2.05. The van der Waals surface area contributed by atoms with Gasteiger partial charge in [-0.2, -0.15) is 0 Å². The molecule has 3 aromatic rings. The molecule has 0 aliphatic carbocycles. The van der Waals surface area contributed by atoms with Crippen LogP contribution < -0.4 is 0 Å². The predicted octanol–water partition coefficient (Wildman–Crippen LogP) is 4.31. The van der Waals surface area contributed by atoms with Gasteiger partial charge in [0.15, 0.2) is 5.88 Å². The maximum absolute atomic E-state index is 10.3. The monoisotopic (exact) mass is 363 g/mol. The Hall–Kier alpha value is -1.49. The summed E-state index contributed by atoms with van der Waals surface area (Å²) in [6, 6.07) is 14.5. The molecule has 2 nitrogen and oxygen atoms in total. The van der Waals surface area contributed by atoms with Gasteiger partial charge in [-0.15, -0.1) is 0 Å². The highest BCUT2D eigenvalue weighted by Gasteiger charge is 2.10. The van der Waals surface area contributed by atoms with Crippen LogP contribution in [0.1, 0.15) is 11.1 Å². The van der Waals surface area contributed by atoms with Crippen LogP contribution in [0.3, 0.4) is 0 Å². The molecule has 0 unspecified atom stereocenters. The van der Waals surface area contributed by atoms with Crippen LogP contribution in [0.5, 0.6) is 5.88 Å². The van der Waals surface area contributed by atoms with Crippen LogP contribution in [-0.2, 0) is 6.54 Å². The zero-order valence-electron chi connectivity index (χ0n) is 10.6. The number of rotatable bonds is 2. The summed E-state index contributed by atoms with van der Waals surface area (Å²) in [5, 5.41) is 12.4. The van der Waals surface area contributed by atoms with Crippen molar-refractivity contribution in [2.45, 2.75) is 13.5 Å². The molecule has 1 N–H and O–H groups in total. The molecule has 0 radical (unpaired) electrons. The minimum atomic E-state index is 0.348. The van der Waals surface area contributed by atoms with Gasteiger partial charge in [0.1, 0.15) is 0 Å². The fourth-order valence-corrected chi connectivity index (χ4v) is 3.03. The molecule has 0 atom stereocenters. The van der Waals surface area contributed by atoms with E-state index in [1.165, 1.54) is 11.1 Å². The highest BCUT2D eigenvalue weighted by atomic mass is 127. The molecule has 1 aromatic heterocycles. The Labute approximate surface area is 125 Å². The normalized spacial score (nSPS) is 11.1. The van der Waals surface area contributed by atoms with Crippen molar-refractivity contribution in [3.05, 3.63) is 63.4 Å². The van der Waals surface area contributed by atoms with Gasteiger partial charge < -0.3 is 9.67 Å². The van der Waals surface area contributed by atoms with E-state index in [-0.39, 0.29) is 0 Å². The van der Waals surface area contributed by atoms with Crippen molar-refractivity contribution in [1.82, 2.24) is 4.57 Å². The molecule has 0 spiro atoms. The van der Waals surface area contributed by atoms with Gasteiger partial charge in [0.2, 0.25) is 0 Å². The number of aromatic hydroxyl groups is 1. The van der Waals surface area contributed by atoms with Gasteiger partial charge in [0.05, 0.1) is 11.9 Å². The first-order valence-corrected chi connectivity index (χ1v) is 7.25.